The monoisotopic (exact) mass is 281 g/mol. The van der Waals surface area contributed by atoms with Gasteiger partial charge in [-0.3, -0.25) is 9.88 Å². The summed E-state index contributed by atoms with van der Waals surface area (Å²) in [5.74, 6) is 0. The van der Waals surface area contributed by atoms with Gasteiger partial charge in [0.05, 0.1) is 6.61 Å². The van der Waals surface area contributed by atoms with Crippen molar-refractivity contribution in [3.63, 3.8) is 0 Å². The molecule has 1 aliphatic heterocycles. The molecule has 0 radical (unpaired) electrons. The van der Waals surface area contributed by atoms with Gasteiger partial charge in [-0.2, -0.15) is 0 Å². The van der Waals surface area contributed by atoms with Crippen LogP contribution in [0.25, 0.3) is 0 Å². The van der Waals surface area contributed by atoms with Crippen LogP contribution >= 0.6 is 0 Å². The normalized spacial score (nSPS) is 14.8. The van der Waals surface area contributed by atoms with Gasteiger partial charge in [0, 0.05) is 50.3 Å². The summed E-state index contributed by atoms with van der Waals surface area (Å²) in [7, 11) is 0. The molecule has 0 saturated carbocycles. The van der Waals surface area contributed by atoms with Crippen LogP contribution in [0, 0.1) is 6.92 Å². The molecule has 0 unspecified atom stereocenters. The van der Waals surface area contributed by atoms with Gasteiger partial charge in [-0.05, 0) is 19.1 Å². The van der Waals surface area contributed by atoms with Crippen LogP contribution in [-0.4, -0.2) is 54.3 Å². The molecule has 2 heterocycles. The highest BCUT2D eigenvalue weighted by Gasteiger charge is 2.16. The Kier molecular flexibility index (Phi) is 11.0. The molecule has 1 aromatic rings. The Morgan fingerprint density at radius 1 is 1.10 bits per heavy atom. The number of aryl methyl sites for hydroxylation is 1. The highest BCUT2D eigenvalue weighted by molar-refractivity contribution is 5.46. The highest BCUT2D eigenvalue weighted by Crippen LogP contribution is 2.16. The number of nitrogens with zero attached hydrogens (tertiary/aromatic N) is 3. The quantitative estimate of drug-likeness (QED) is 0.924. The Bertz CT molecular complexity index is 336. The lowest BCUT2D eigenvalue weighted by Gasteiger charge is -2.35. The molecule has 4 nitrogen and oxygen atoms in total. The lowest BCUT2D eigenvalue weighted by molar-refractivity contribution is 0.189. The first-order chi connectivity index (χ1) is 9.79. The number of piperazine rings is 1. The van der Waals surface area contributed by atoms with E-state index >= 15 is 0 Å². The zero-order valence-corrected chi connectivity index (χ0v) is 13.8. The van der Waals surface area contributed by atoms with Crippen LogP contribution in [0.4, 0.5) is 5.69 Å². The topological polar surface area (TPSA) is 39.6 Å². The predicted octanol–water partition coefficient (Wildman–Crippen LogP) is 2.56. The van der Waals surface area contributed by atoms with Crippen LogP contribution in [0.3, 0.4) is 0 Å². The summed E-state index contributed by atoms with van der Waals surface area (Å²) in [6.45, 7) is 15.2. The largest absolute Gasteiger partial charge is 0.395 e. The average molecular weight is 281 g/mol. The summed E-state index contributed by atoms with van der Waals surface area (Å²) in [6.07, 6.45) is 1.87. The van der Waals surface area contributed by atoms with Crippen molar-refractivity contribution in [1.29, 1.82) is 0 Å². The van der Waals surface area contributed by atoms with Crippen LogP contribution in [0.2, 0.25) is 0 Å². The molecule has 0 atom stereocenters. The fraction of sp³-hybridized carbons (Fsp3) is 0.688. The van der Waals surface area contributed by atoms with E-state index in [0.29, 0.717) is 0 Å². The number of hydrogen-bond donors (Lipinski definition) is 1. The van der Waals surface area contributed by atoms with Crippen LogP contribution in [0.15, 0.2) is 18.3 Å². The van der Waals surface area contributed by atoms with E-state index in [4.69, 9.17) is 5.11 Å². The van der Waals surface area contributed by atoms with Crippen molar-refractivity contribution in [1.82, 2.24) is 9.88 Å². The molecular weight excluding hydrogens is 250 g/mol. The number of pyridine rings is 1. The molecule has 0 aromatic carbocycles. The first-order valence-electron chi connectivity index (χ1n) is 7.80. The lowest BCUT2D eigenvalue weighted by Crippen LogP contribution is -2.47. The van der Waals surface area contributed by atoms with Crippen molar-refractivity contribution in [3.05, 3.63) is 24.0 Å². The number of anilines is 1. The van der Waals surface area contributed by atoms with Crippen LogP contribution in [0.1, 0.15) is 33.4 Å². The number of aromatic nitrogens is 1. The predicted molar refractivity (Wildman–Crippen MR) is 87.4 cm³/mol. The SMILES string of the molecule is CC.CC.Cc1cc(N2CCN(CCO)CC2)ccn1. The van der Waals surface area contributed by atoms with Gasteiger partial charge >= 0.3 is 0 Å². The van der Waals surface area contributed by atoms with Gasteiger partial charge in [0.25, 0.3) is 0 Å². The van der Waals surface area contributed by atoms with Crippen molar-refractivity contribution >= 4 is 5.69 Å². The first kappa shape index (κ1) is 18.9. The van der Waals surface area contributed by atoms with Crippen molar-refractivity contribution < 1.29 is 5.11 Å². The molecule has 4 heteroatoms. The maximum atomic E-state index is 8.87. The van der Waals surface area contributed by atoms with Gasteiger partial charge < -0.3 is 10.0 Å². The molecule has 1 N–H and O–H groups in total. The maximum absolute atomic E-state index is 8.87. The third kappa shape index (κ3) is 6.35. The Labute approximate surface area is 124 Å². The van der Waals surface area contributed by atoms with Crippen molar-refractivity contribution in [2.75, 3.05) is 44.2 Å². The molecule has 1 fully saturated rings. The molecule has 116 valence electrons. The second-order valence-electron chi connectivity index (χ2n) is 4.21. The van der Waals surface area contributed by atoms with E-state index < -0.39 is 0 Å². The van der Waals surface area contributed by atoms with Gasteiger partial charge in [-0.1, -0.05) is 27.7 Å². The van der Waals surface area contributed by atoms with E-state index in [0.717, 1.165) is 38.4 Å². The highest BCUT2D eigenvalue weighted by atomic mass is 16.3. The smallest absolute Gasteiger partial charge is 0.0558 e. The molecule has 1 saturated heterocycles. The van der Waals surface area contributed by atoms with Crippen LogP contribution in [-0.2, 0) is 0 Å². The molecule has 0 bridgehead atoms. The maximum Gasteiger partial charge on any atom is 0.0558 e. The van der Waals surface area contributed by atoms with E-state index in [1.807, 2.05) is 40.8 Å². The Morgan fingerprint density at radius 2 is 1.70 bits per heavy atom. The van der Waals surface area contributed by atoms with E-state index in [1.165, 1.54) is 5.69 Å². The fourth-order valence-electron chi connectivity index (χ4n) is 2.10. The van der Waals surface area contributed by atoms with Gasteiger partial charge in [0.1, 0.15) is 0 Å². The Hall–Kier alpha value is -1.13. The Morgan fingerprint density at radius 3 is 2.20 bits per heavy atom. The second-order valence-corrected chi connectivity index (χ2v) is 4.21. The lowest BCUT2D eigenvalue weighted by atomic mass is 10.2. The molecule has 1 aliphatic rings. The minimum Gasteiger partial charge on any atom is -0.395 e. The summed E-state index contributed by atoms with van der Waals surface area (Å²) in [5, 5.41) is 8.87. The molecule has 0 amide bonds. The van der Waals surface area contributed by atoms with Gasteiger partial charge in [0.2, 0.25) is 0 Å². The second kappa shape index (κ2) is 11.7. The summed E-state index contributed by atoms with van der Waals surface area (Å²) in [6, 6.07) is 4.19. The number of hydrogen-bond acceptors (Lipinski definition) is 4. The van der Waals surface area contributed by atoms with E-state index in [-0.39, 0.29) is 6.61 Å². The fourth-order valence-corrected chi connectivity index (χ4v) is 2.10. The number of β-amino-alcohol motifs (C(OH)–C–C–N with tert-alkyl or cyclic N) is 1. The van der Waals surface area contributed by atoms with Crippen molar-refractivity contribution in [2.45, 2.75) is 34.6 Å². The molecule has 0 aliphatic carbocycles. The molecular formula is C16H31N3O. The minimum atomic E-state index is 0.258. The van der Waals surface area contributed by atoms with Crippen molar-refractivity contribution in [2.24, 2.45) is 0 Å². The molecule has 20 heavy (non-hydrogen) atoms. The zero-order chi connectivity index (χ0) is 15.4. The van der Waals surface area contributed by atoms with Gasteiger partial charge in [-0.15, -0.1) is 0 Å². The van der Waals surface area contributed by atoms with E-state index in [2.05, 4.69) is 26.9 Å². The Balaban J connectivity index is 0.000000829. The van der Waals surface area contributed by atoms with E-state index in [1.54, 1.807) is 0 Å². The number of aliphatic hydroxyl groups is 1. The molecule has 1 aromatic heterocycles. The third-order valence-electron chi connectivity index (χ3n) is 3.03. The minimum absolute atomic E-state index is 0.258. The van der Waals surface area contributed by atoms with E-state index in [9.17, 15) is 0 Å². The van der Waals surface area contributed by atoms with Crippen LogP contribution in [0.5, 0.6) is 0 Å². The average Bonchev–Trinajstić information content (AvgIpc) is 2.52. The van der Waals surface area contributed by atoms with Crippen LogP contribution < -0.4 is 4.90 Å². The summed E-state index contributed by atoms with van der Waals surface area (Å²) in [5.41, 5.74) is 2.33. The number of aliphatic hydroxyl groups excluding tert-OH is 1. The van der Waals surface area contributed by atoms with Crippen molar-refractivity contribution in [3.8, 4) is 0 Å². The molecule has 0 spiro atoms. The summed E-state index contributed by atoms with van der Waals surface area (Å²) >= 11 is 0. The third-order valence-corrected chi connectivity index (χ3v) is 3.03. The first-order valence-corrected chi connectivity index (χ1v) is 7.80. The summed E-state index contributed by atoms with van der Waals surface area (Å²) < 4.78 is 0. The summed E-state index contributed by atoms with van der Waals surface area (Å²) in [4.78, 5) is 8.88. The standard InChI is InChI=1S/C12H19N3O.2C2H6/c1-11-10-12(2-3-13-11)15-6-4-14(5-7-15)8-9-16;2*1-2/h2-3,10,16H,4-9H2,1H3;2*1-2H3. The number of rotatable bonds is 3. The zero-order valence-electron chi connectivity index (χ0n) is 13.8. The molecule has 2 rings (SSSR count). The van der Waals surface area contributed by atoms with Gasteiger partial charge in [0.15, 0.2) is 0 Å². The van der Waals surface area contributed by atoms with Gasteiger partial charge in [-0.25, -0.2) is 0 Å².